The van der Waals surface area contributed by atoms with Crippen molar-refractivity contribution in [2.45, 2.75) is 31.6 Å². The summed E-state index contributed by atoms with van der Waals surface area (Å²) in [5.41, 5.74) is 1.30. The number of anilines is 1. The Hall–Kier alpha value is -2.38. The number of benzene rings is 2. The topological polar surface area (TPSA) is 75.7 Å². The molecule has 7 heteroatoms. The number of ketones is 1. The lowest BCUT2D eigenvalue weighted by Gasteiger charge is -2.29. The average molecular weight is 417 g/mol. The Morgan fingerprint density at radius 2 is 1.69 bits per heavy atom. The van der Waals surface area contributed by atoms with Gasteiger partial charge in [0.05, 0.1) is 18.0 Å². The molecule has 0 unspecified atom stereocenters. The van der Waals surface area contributed by atoms with Crippen molar-refractivity contribution >= 4 is 21.5 Å². The molecule has 3 rings (SSSR count). The highest BCUT2D eigenvalue weighted by molar-refractivity contribution is 7.89. The lowest BCUT2D eigenvalue weighted by atomic mass is 10.0. The zero-order valence-corrected chi connectivity index (χ0v) is 17.7. The predicted molar refractivity (Wildman–Crippen MR) is 114 cm³/mol. The second-order valence-electron chi connectivity index (χ2n) is 7.35. The molecular weight excluding hydrogens is 388 g/mol. The van der Waals surface area contributed by atoms with Crippen LogP contribution in [0, 0.1) is 5.92 Å². The van der Waals surface area contributed by atoms with E-state index in [0.717, 1.165) is 24.3 Å². The maximum atomic E-state index is 12.8. The second-order valence-corrected chi connectivity index (χ2v) is 9.28. The van der Waals surface area contributed by atoms with Crippen molar-refractivity contribution in [3.8, 4) is 5.75 Å². The maximum absolute atomic E-state index is 12.8. The molecule has 0 aliphatic carbocycles. The average Bonchev–Trinajstić information content (AvgIpc) is 2.73. The first-order valence-electron chi connectivity index (χ1n) is 10.0. The van der Waals surface area contributed by atoms with Gasteiger partial charge in [-0.1, -0.05) is 6.92 Å². The zero-order valence-electron chi connectivity index (χ0n) is 16.9. The van der Waals surface area contributed by atoms with Crippen LogP contribution in [-0.2, 0) is 10.0 Å². The number of nitrogens with zero attached hydrogens (tertiary/aromatic N) is 1. The van der Waals surface area contributed by atoms with E-state index in [0.29, 0.717) is 31.2 Å². The van der Waals surface area contributed by atoms with E-state index >= 15 is 0 Å². The summed E-state index contributed by atoms with van der Waals surface area (Å²) in [4.78, 5) is 12.7. The molecule has 0 spiro atoms. The third-order valence-corrected chi connectivity index (χ3v) is 7.09. The minimum absolute atomic E-state index is 0.102. The largest absolute Gasteiger partial charge is 0.494 e. The number of sulfonamides is 1. The highest BCUT2D eigenvalue weighted by Gasteiger charge is 2.28. The van der Waals surface area contributed by atoms with Crippen molar-refractivity contribution in [3.63, 3.8) is 0 Å². The summed E-state index contributed by atoms with van der Waals surface area (Å²) >= 11 is 0. The normalized spacial score (nSPS) is 15.8. The molecule has 1 fully saturated rings. The van der Waals surface area contributed by atoms with Gasteiger partial charge in [-0.3, -0.25) is 4.79 Å². The van der Waals surface area contributed by atoms with Crippen molar-refractivity contribution in [2.75, 3.05) is 31.6 Å². The van der Waals surface area contributed by atoms with Crippen molar-refractivity contribution in [2.24, 2.45) is 5.92 Å². The van der Waals surface area contributed by atoms with Crippen LogP contribution in [0.25, 0.3) is 0 Å². The number of rotatable bonds is 8. The number of hydrogen-bond donors (Lipinski definition) is 1. The molecule has 6 nitrogen and oxygen atoms in total. The summed E-state index contributed by atoms with van der Waals surface area (Å²) in [7, 11) is -3.50. The Balaban J connectivity index is 1.59. The highest BCUT2D eigenvalue weighted by Crippen LogP contribution is 2.23. The Kier molecular flexibility index (Phi) is 6.92. The van der Waals surface area contributed by atoms with Crippen molar-refractivity contribution in [1.82, 2.24) is 4.31 Å². The fourth-order valence-corrected chi connectivity index (χ4v) is 4.78. The third-order valence-electron chi connectivity index (χ3n) is 5.18. The lowest BCUT2D eigenvalue weighted by Crippen LogP contribution is -2.37. The first kappa shape index (κ1) is 21.3. The van der Waals surface area contributed by atoms with Gasteiger partial charge in [0.2, 0.25) is 10.0 Å². The van der Waals surface area contributed by atoms with Gasteiger partial charge >= 0.3 is 0 Å². The molecule has 0 atom stereocenters. The van der Waals surface area contributed by atoms with E-state index in [1.54, 1.807) is 12.1 Å². The van der Waals surface area contributed by atoms with Crippen LogP contribution in [0.15, 0.2) is 53.4 Å². The predicted octanol–water partition coefficient (Wildman–Crippen LogP) is 3.80. The van der Waals surface area contributed by atoms with Crippen LogP contribution in [0.4, 0.5) is 5.69 Å². The van der Waals surface area contributed by atoms with Crippen molar-refractivity contribution in [1.29, 1.82) is 0 Å². The van der Waals surface area contributed by atoms with Gasteiger partial charge in [-0.15, -0.1) is 0 Å². The standard InChI is InChI=1S/C22H28N2O4S/c1-3-28-20-8-6-19(7-9-20)23-16-22(25)18-4-10-21(11-5-18)29(26,27)24-14-12-17(2)13-15-24/h4-11,17,23H,3,12-16H2,1-2H3. The van der Waals surface area contributed by atoms with Gasteiger partial charge in [-0.05, 0) is 74.2 Å². The van der Waals surface area contributed by atoms with Gasteiger partial charge in [-0.25, -0.2) is 8.42 Å². The Bertz CT molecular complexity index is 916. The fraction of sp³-hybridized carbons (Fsp3) is 0.409. The number of piperidine rings is 1. The molecule has 1 saturated heterocycles. The van der Waals surface area contributed by atoms with E-state index in [9.17, 15) is 13.2 Å². The maximum Gasteiger partial charge on any atom is 0.243 e. The van der Waals surface area contributed by atoms with Crippen LogP contribution in [-0.4, -0.2) is 44.7 Å². The monoisotopic (exact) mass is 416 g/mol. The highest BCUT2D eigenvalue weighted by atomic mass is 32.2. The van der Waals surface area contributed by atoms with Gasteiger partial charge in [0.1, 0.15) is 5.75 Å². The minimum Gasteiger partial charge on any atom is -0.494 e. The molecular formula is C22H28N2O4S. The molecule has 0 amide bonds. The molecule has 2 aromatic carbocycles. The number of carbonyl (C=O) groups excluding carboxylic acids is 1. The number of Topliss-reactive ketones (excluding diaryl/α,β-unsaturated/α-hetero) is 1. The van der Waals surface area contributed by atoms with Crippen LogP contribution in [0.3, 0.4) is 0 Å². The van der Waals surface area contributed by atoms with Crippen LogP contribution >= 0.6 is 0 Å². The molecule has 2 aromatic rings. The molecule has 1 aliphatic rings. The summed E-state index contributed by atoms with van der Waals surface area (Å²) in [6.45, 7) is 5.91. The van der Waals surface area contributed by atoms with E-state index in [-0.39, 0.29) is 17.2 Å². The van der Waals surface area contributed by atoms with Gasteiger partial charge in [0.15, 0.2) is 5.78 Å². The quantitative estimate of drug-likeness (QED) is 0.663. The van der Waals surface area contributed by atoms with E-state index in [1.807, 2.05) is 31.2 Å². The molecule has 156 valence electrons. The SMILES string of the molecule is CCOc1ccc(NCC(=O)c2ccc(S(=O)(=O)N3CCC(C)CC3)cc2)cc1. The second kappa shape index (κ2) is 9.41. The summed E-state index contributed by atoms with van der Waals surface area (Å²) in [5.74, 6) is 1.24. The molecule has 29 heavy (non-hydrogen) atoms. The van der Waals surface area contributed by atoms with Gasteiger partial charge in [0.25, 0.3) is 0 Å². The summed E-state index contributed by atoms with van der Waals surface area (Å²) in [6.07, 6.45) is 1.76. The number of carbonyl (C=O) groups is 1. The number of nitrogens with one attached hydrogen (secondary N) is 1. The molecule has 1 heterocycles. The van der Waals surface area contributed by atoms with E-state index < -0.39 is 10.0 Å². The third kappa shape index (κ3) is 5.36. The van der Waals surface area contributed by atoms with Gasteiger partial charge in [0, 0.05) is 24.3 Å². The first-order valence-corrected chi connectivity index (χ1v) is 11.4. The van der Waals surface area contributed by atoms with E-state index in [2.05, 4.69) is 12.2 Å². The van der Waals surface area contributed by atoms with Gasteiger partial charge < -0.3 is 10.1 Å². The molecule has 0 bridgehead atoms. The summed E-state index contributed by atoms with van der Waals surface area (Å²) in [6, 6.07) is 13.6. The smallest absolute Gasteiger partial charge is 0.243 e. The van der Waals surface area contributed by atoms with Gasteiger partial charge in [-0.2, -0.15) is 4.31 Å². The van der Waals surface area contributed by atoms with Crippen LogP contribution in [0.5, 0.6) is 5.75 Å². The molecule has 0 saturated carbocycles. The molecule has 1 aliphatic heterocycles. The minimum atomic E-state index is -3.50. The Labute approximate surface area is 172 Å². The Morgan fingerprint density at radius 3 is 2.28 bits per heavy atom. The molecule has 0 radical (unpaired) electrons. The van der Waals surface area contributed by atoms with E-state index in [4.69, 9.17) is 4.74 Å². The number of ether oxygens (including phenoxy) is 1. The number of hydrogen-bond acceptors (Lipinski definition) is 5. The van der Waals surface area contributed by atoms with Crippen LogP contribution < -0.4 is 10.1 Å². The zero-order chi connectivity index (χ0) is 20.9. The van der Waals surface area contributed by atoms with Crippen molar-refractivity contribution in [3.05, 3.63) is 54.1 Å². The molecule has 0 aromatic heterocycles. The fourth-order valence-electron chi connectivity index (χ4n) is 3.31. The van der Waals surface area contributed by atoms with E-state index in [1.165, 1.54) is 16.4 Å². The van der Waals surface area contributed by atoms with Crippen LogP contribution in [0.1, 0.15) is 37.0 Å². The van der Waals surface area contributed by atoms with Crippen LogP contribution in [0.2, 0.25) is 0 Å². The first-order chi connectivity index (χ1) is 13.9. The Morgan fingerprint density at radius 1 is 1.07 bits per heavy atom. The van der Waals surface area contributed by atoms with Crippen molar-refractivity contribution < 1.29 is 17.9 Å². The lowest BCUT2D eigenvalue weighted by molar-refractivity contribution is 0.101. The summed E-state index contributed by atoms with van der Waals surface area (Å²) in [5, 5.41) is 3.08. The molecule has 1 N–H and O–H groups in total. The summed E-state index contributed by atoms with van der Waals surface area (Å²) < 4.78 is 32.5.